The zero-order valence-electron chi connectivity index (χ0n) is 38.7. The number of aromatic nitrogens is 3. The number of hydrogen-bond donors (Lipinski definition) is 0. The zero-order valence-corrected chi connectivity index (χ0v) is 38.7. The van der Waals surface area contributed by atoms with Crippen molar-refractivity contribution in [2.45, 2.75) is 5.41 Å². The van der Waals surface area contributed by atoms with E-state index >= 15 is 0 Å². The number of nitrogens with zero attached hydrogens (tertiary/aromatic N) is 3. The number of para-hydroxylation sites is 5. The molecule has 71 heavy (non-hydrogen) atoms. The molecule has 0 N–H and O–H groups in total. The van der Waals surface area contributed by atoms with Gasteiger partial charge in [0.15, 0.2) is 0 Å². The summed E-state index contributed by atoms with van der Waals surface area (Å²) in [6.45, 7) is 0. The normalized spacial score (nSPS) is 12.9. The number of pyridine rings is 1. The first-order valence-corrected chi connectivity index (χ1v) is 24.5. The van der Waals surface area contributed by atoms with Gasteiger partial charge in [0, 0.05) is 49.3 Å². The van der Waals surface area contributed by atoms with E-state index < -0.39 is 5.41 Å². The fourth-order valence-corrected chi connectivity index (χ4v) is 12.5. The van der Waals surface area contributed by atoms with Crippen molar-refractivity contribution in [2.24, 2.45) is 0 Å². The second-order valence-electron chi connectivity index (χ2n) is 19.0. The van der Waals surface area contributed by atoms with Crippen LogP contribution in [-0.2, 0) is 5.41 Å². The largest absolute Gasteiger partial charge is 0.309 e. The lowest BCUT2D eigenvalue weighted by Gasteiger charge is -2.34. The third-order valence-corrected chi connectivity index (χ3v) is 15.3. The van der Waals surface area contributed by atoms with Crippen molar-refractivity contribution in [1.29, 1.82) is 0 Å². The van der Waals surface area contributed by atoms with Crippen LogP contribution in [0.1, 0.15) is 22.3 Å². The Kier molecular flexibility index (Phi) is 8.57. The van der Waals surface area contributed by atoms with Crippen LogP contribution in [0.2, 0.25) is 0 Å². The molecule has 0 saturated heterocycles. The highest BCUT2D eigenvalue weighted by atomic mass is 15.0. The summed E-state index contributed by atoms with van der Waals surface area (Å²) in [7, 11) is 0. The van der Waals surface area contributed by atoms with Gasteiger partial charge in [0.2, 0.25) is 0 Å². The maximum Gasteiger partial charge on any atom is 0.0794 e. The van der Waals surface area contributed by atoms with Crippen LogP contribution < -0.4 is 0 Å². The van der Waals surface area contributed by atoms with Gasteiger partial charge in [-0.1, -0.05) is 206 Å². The minimum Gasteiger partial charge on any atom is -0.309 e. The number of hydrogen-bond acceptors (Lipinski definition) is 1. The molecule has 0 bridgehead atoms. The van der Waals surface area contributed by atoms with E-state index in [4.69, 9.17) is 4.98 Å². The van der Waals surface area contributed by atoms with E-state index in [1.165, 1.54) is 87.8 Å². The lowest BCUT2D eigenvalue weighted by Crippen LogP contribution is -2.28. The molecule has 11 aromatic carbocycles. The predicted octanol–water partition coefficient (Wildman–Crippen LogP) is 17.3. The lowest BCUT2D eigenvalue weighted by molar-refractivity contribution is 0.769. The van der Waals surface area contributed by atoms with Crippen molar-refractivity contribution in [2.75, 3.05) is 0 Å². The monoisotopic (exact) mass is 901 g/mol. The van der Waals surface area contributed by atoms with Gasteiger partial charge in [0.1, 0.15) is 0 Å². The smallest absolute Gasteiger partial charge is 0.0794 e. The molecule has 1 aliphatic rings. The molecule has 0 radical (unpaired) electrons. The van der Waals surface area contributed by atoms with Gasteiger partial charge in [-0.05, 0) is 104 Å². The third kappa shape index (κ3) is 5.69. The molecular weight excluding hydrogens is 859 g/mol. The van der Waals surface area contributed by atoms with Crippen LogP contribution in [0, 0.1) is 0 Å². The summed E-state index contributed by atoms with van der Waals surface area (Å²) >= 11 is 0. The second-order valence-corrected chi connectivity index (χ2v) is 19.0. The van der Waals surface area contributed by atoms with Crippen molar-refractivity contribution in [3.8, 4) is 44.9 Å². The molecule has 3 aromatic heterocycles. The van der Waals surface area contributed by atoms with Crippen LogP contribution >= 0.6 is 0 Å². The van der Waals surface area contributed by atoms with Crippen LogP contribution in [-0.4, -0.2) is 14.1 Å². The van der Waals surface area contributed by atoms with E-state index in [-0.39, 0.29) is 0 Å². The van der Waals surface area contributed by atoms with Gasteiger partial charge >= 0.3 is 0 Å². The molecular formula is C68H43N3. The summed E-state index contributed by atoms with van der Waals surface area (Å²) in [5.41, 5.74) is 19.2. The van der Waals surface area contributed by atoms with Gasteiger partial charge in [0.25, 0.3) is 0 Å². The molecule has 1 aliphatic carbocycles. The van der Waals surface area contributed by atoms with Crippen molar-refractivity contribution in [1.82, 2.24) is 14.1 Å². The first-order chi connectivity index (χ1) is 35.2. The molecule has 330 valence electrons. The van der Waals surface area contributed by atoms with E-state index in [0.717, 1.165) is 44.7 Å². The minimum atomic E-state index is -0.538. The van der Waals surface area contributed by atoms with Crippen molar-refractivity contribution in [3.05, 3.63) is 283 Å². The van der Waals surface area contributed by atoms with Crippen LogP contribution in [0.3, 0.4) is 0 Å². The Hall–Kier alpha value is -9.31. The Balaban J connectivity index is 1.02. The second kappa shape index (κ2) is 15.3. The summed E-state index contributed by atoms with van der Waals surface area (Å²) in [6, 6.07) is 96.0. The molecule has 0 aliphatic heterocycles. The molecule has 0 unspecified atom stereocenters. The molecule has 0 spiro atoms. The van der Waals surface area contributed by atoms with Crippen LogP contribution in [0.5, 0.6) is 0 Å². The van der Waals surface area contributed by atoms with Crippen LogP contribution in [0.4, 0.5) is 0 Å². The van der Waals surface area contributed by atoms with Crippen LogP contribution in [0.15, 0.2) is 261 Å². The summed E-state index contributed by atoms with van der Waals surface area (Å²) in [4.78, 5) is 5.70. The van der Waals surface area contributed by atoms with Crippen molar-refractivity contribution < 1.29 is 0 Å². The maximum absolute atomic E-state index is 5.70. The van der Waals surface area contributed by atoms with E-state index in [1.807, 2.05) is 0 Å². The Bertz CT molecular complexity index is 4180. The van der Waals surface area contributed by atoms with E-state index in [1.54, 1.807) is 0 Å². The average Bonchev–Trinajstić information content (AvgIpc) is 4.08. The van der Waals surface area contributed by atoms with Gasteiger partial charge in [-0.2, -0.15) is 0 Å². The summed E-state index contributed by atoms with van der Waals surface area (Å²) in [6.07, 6.45) is 0. The van der Waals surface area contributed by atoms with Gasteiger partial charge in [0.05, 0.1) is 38.7 Å². The zero-order chi connectivity index (χ0) is 46.6. The molecule has 0 amide bonds. The first-order valence-electron chi connectivity index (χ1n) is 24.5. The molecule has 0 fully saturated rings. The van der Waals surface area contributed by atoms with E-state index in [9.17, 15) is 0 Å². The fraction of sp³-hybridized carbons (Fsp3) is 0.0147. The highest BCUT2D eigenvalue weighted by molar-refractivity contribution is 6.19. The van der Waals surface area contributed by atoms with Crippen molar-refractivity contribution in [3.63, 3.8) is 0 Å². The summed E-state index contributed by atoms with van der Waals surface area (Å²) in [5, 5.41) is 8.46. The summed E-state index contributed by atoms with van der Waals surface area (Å²) < 4.78 is 4.89. The Labute approximate surface area is 410 Å². The highest BCUT2D eigenvalue weighted by Gasteiger charge is 2.47. The molecule has 0 saturated carbocycles. The van der Waals surface area contributed by atoms with E-state index in [2.05, 4.69) is 270 Å². The average molecular weight is 902 g/mol. The molecule has 3 heterocycles. The summed E-state index contributed by atoms with van der Waals surface area (Å²) in [5.74, 6) is 0. The Morgan fingerprint density at radius 1 is 0.310 bits per heavy atom. The Morgan fingerprint density at radius 2 is 0.789 bits per heavy atom. The first kappa shape index (κ1) is 39.7. The molecule has 15 rings (SSSR count). The van der Waals surface area contributed by atoms with Crippen molar-refractivity contribution >= 4 is 65.3 Å². The van der Waals surface area contributed by atoms with E-state index in [0.29, 0.717) is 0 Å². The molecule has 14 aromatic rings. The standard InChI is InChI=1S/C68H43N3/c1-3-22-47(23-4-1)68(48-24-5-2-6-25-48)58-32-13-7-31-57(58)65-59(68)39-38-56-51-26-8-14-33-60(51)69-67(66(56)65)45-21-19-20-44(40-45)46-41-49(70-61-34-15-9-27-52(61)53-28-10-16-35-62(53)70)43-50(42-46)71-63-36-17-11-29-54(63)55-30-12-18-37-64(55)71/h1-43H. The number of rotatable bonds is 6. The topological polar surface area (TPSA) is 22.8 Å². The van der Waals surface area contributed by atoms with Gasteiger partial charge in [-0.3, -0.25) is 0 Å². The highest BCUT2D eigenvalue weighted by Crippen LogP contribution is 2.59. The lowest BCUT2D eigenvalue weighted by atomic mass is 9.67. The quantitative estimate of drug-likeness (QED) is 0.152. The maximum atomic E-state index is 5.70. The predicted molar refractivity (Wildman–Crippen MR) is 296 cm³/mol. The molecule has 3 heteroatoms. The molecule has 3 nitrogen and oxygen atoms in total. The molecule has 0 atom stereocenters. The third-order valence-electron chi connectivity index (χ3n) is 15.3. The SMILES string of the molecule is c1ccc(C2(c3ccccc3)c3ccccc3-c3c2ccc2c3c(-c3cccc(-c4cc(-n5c6ccccc6c6ccccc65)cc(-n5c6ccccc6c6ccccc65)c4)c3)nc3ccccc32)cc1. The van der Waals surface area contributed by atoms with Gasteiger partial charge in [-0.15, -0.1) is 0 Å². The fourth-order valence-electron chi connectivity index (χ4n) is 12.5. The van der Waals surface area contributed by atoms with Gasteiger partial charge in [-0.25, -0.2) is 4.98 Å². The Morgan fingerprint density at radius 3 is 1.37 bits per heavy atom. The van der Waals surface area contributed by atoms with Gasteiger partial charge < -0.3 is 9.13 Å². The number of benzene rings is 11. The van der Waals surface area contributed by atoms with Crippen LogP contribution in [0.25, 0.3) is 110 Å². The minimum absolute atomic E-state index is 0.538. The number of fused-ring (bicyclic) bond motifs is 13.